The molecule has 6 heteroatoms. The number of imidazole rings is 1. The number of hydrogen-bond acceptors (Lipinski definition) is 4. The molecule has 2 aromatic carbocycles. The summed E-state index contributed by atoms with van der Waals surface area (Å²) in [6.07, 6.45) is 5.89. The Bertz CT molecular complexity index is 997. The van der Waals surface area contributed by atoms with E-state index < -0.39 is 9.84 Å². The molecule has 0 bridgehead atoms. The van der Waals surface area contributed by atoms with Gasteiger partial charge in [-0.15, -0.1) is 0 Å². The molecule has 28 heavy (non-hydrogen) atoms. The topological polar surface area (TPSA) is 61.2 Å². The van der Waals surface area contributed by atoms with Crippen LogP contribution in [0.5, 0.6) is 5.75 Å². The molecule has 1 aromatic heterocycles. The summed E-state index contributed by atoms with van der Waals surface area (Å²) in [6, 6.07) is 18.4. The average Bonchev–Trinajstić information content (AvgIpc) is 3.19. The van der Waals surface area contributed by atoms with Crippen LogP contribution >= 0.6 is 0 Å². The van der Waals surface area contributed by atoms with E-state index in [1.807, 2.05) is 48.7 Å². The van der Waals surface area contributed by atoms with Crippen molar-refractivity contribution in [3.05, 3.63) is 72.6 Å². The lowest BCUT2D eigenvalue weighted by Gasteiger charge is -2.25. The molecular formula is C22H24N2O3S. The number of aromatic nitrogens is 2. The van der Waals surface area contributed by atoms with Crippen LogP contribution in [0.15, 0.2) is 67.0 Å². The summed E-state index contributed by atoms with van der Waals surface area (Å²) in [7, 11) is -2.87. The van der Waals surface area contributed by atoms with Gasteiger partial charge in [-0.2, -0.15) is 0 Å². The Morgan fingerprint density at radius 2 is 1.71 bits per heavy atom. The molecule has 146 valence electrons. The Morgan fingerprint density at radius 3 is 2.43 bits per heavy atom. The first-order valence-corrected chi connectivity index (χ1v) is 11.4. The number of hydrogen-bond donors (Lipinski definition) is 0. The lowest BCUT2D eigenvalue weighted by Crippen LogP contribution is -2.25. The normalized spacial score (nSPS) is 16.7. The second kappa shape index (κ2) is 8.19. The van der Waals surface area contributed by atoms with E-state index in [1.54, 1.807) is 6.20 Å². The van der Waals surface area contributed by atoms with Crippen LogP contribution in [0.3, 0.4) is 0 Å². The van der Waals surface area contributed by atoms with Crippen LogP contribution in [0.1, 0.15) is 24.4 Å². The van der Waals surface area contributed by atoms with Gasteiger partial charge >= 0.3 is 0 Å². The van der Waals surface area contributed by atoms with Crippen molar-refractivity contribution in [2.24, 2.45) is 0 Å². The van der Waals surface area contributed by atoms with Gasteiger partial charge in [-0.1, -0.05) is 30.3 Å². The summed E-state index contributed by atoms with van der Waals surface area (Å²) in [6.45, 7) is 0.633. The van der Waals surface area contributed by atoms with Gasteiger partial charge < -0.3 is 9.30 Å². The maximum Gasteiger partial charge on any atom is 0.150 e. The van der Waals surface area contributed by atoms with Gasteiger partial charge in [0.15, 0.2) is 0 Å². The van der Waals surface area contributed by atoms with Gasteiger partial charge in [-0.3, -0.25) is 0 Å². The smallest absolute Gasteiger partial charge is 0.150 e. The van der Waals surface area contributed by atoms with Crippen molar-refractivity contribution >= 4 is 9.84 Å². The standard InChI is InChI=1S/C22H24N2O3S/c25-28(26)16-11-20(12-17-28)24-14-13-23-22(24)19-6-8-21(9-7-19)27-15-10-18-4-2-1-3-5-18/h1-9,13-14,20H,10-12,15-17H2. The molecule has 0 N–H and O–H groups in total. The Balaban J connectivity index is 1.40. The fraction of sp³-hybridized carbons (Fsp3) is 0.318. The number of nitrogens with zero attached hydrogens (tertiary/aromatic N) is 2. The average molecular weight is 397 g/mol. The molecule has 3 aromatic rings. The Hall–Kier alpha value is -2.60. The predicted octanol–water partition coefficient (Wildman–Crippen LogP) is 3.92. The van der Waals surface area contributed by atoms with Crippen LogP contribution in [0.2, 0.25) is 0 Å². The van der Waals surface area contributed by atoms with Gasteiger partial charge in [0.1, 0.15) is 21.4 Å². The maximum absolute atomic E-state index is 11.7. The molecule has 4 rings (SSSR count). The van der Waals surface area contributed by atoms with Crippen LogP contribution in [0.25, 0.3) is 11.4 Å². The first kappa shape index (κ1) is 18.7. The quantitative estimate of drug-likeness (QED) is 0.634. The largest absolute Gasteiger partial charge is 0.493 e. The molecule has 5 nitrogen and oxygen atoms in total. The first-order chi connectivity index (χ1) is 13.6. The zero-order chi connectivity index (χ0) is 19.4. The van der Waals surface area contributed by atoms with E-state index in [4.69, 9.17) is 4.74 Å². The van der Waals surface area contributed by atoms with E-state index in [9.17, 15) is 8.42 Å². The molecule has 0 amide bonds. The van der Waals surface area contributed by atoms with E-state index in [-0.39, 0.29) is 17.5 Å². The Kier molecular flexibility index (Phi) is 5.48. The molecule has 0 atom stereocenters. The third-order valence-electron chi connectivity index (χ3n) is 5.20. The fourth-order valence-electron chi connectivity index (χ4n) is 3.62. The van der Waals surface area contributed by atoms with Gasteiger partial charge in [-0.05, 0) is 42.7 Å². The second-order valence-electron chi connectivity index (χ2n) is 7.15. The third-order valence-corrected chi connectivity index (χ3v) is 6.92. The minimum atomic E-state index is -2.87. The van der Waals surface area contributed by atoms with Gasteiger partial charge in [-0.25, -0.2) is 13.4 Å². The highest BCUT2D eigenvalue weighted by molar-refractivity contribution is 7.91. The molecule has 1 saturated heterocycles. The molecule has 0 aliphatic carbocycles. The maximum atomic E-state index is 11.7. The molecule has 0 radical (unpaired) electrons. The Labute approximate surface area is 165 Å². The minimum absolute atomic E-state index is 0.183. The molecular weight excluding hydrogens is 372 g/mol. The van der Waals surface area contributed by atoms with E-state index >= 15 is 0 Å². The molecule has 1 aliphatic heterocycles. The van der Waals surface area contributed by atoms with Gasteiger partial charge in [0.05, 0.1) is 18.1 Å². The summed E-state index contributed by atoms with van der Waals surface area (Å²) in [5, 5.41) is 0. The molecule has 1 aliphatic rings. The zero-order valence-corrected chi connectivity index (χ0v) is 16.5. The van der Waals surface area contributed by atoms with Crippen LogP contribution in [0, 0.1) is 0 Å². The summed E-state index contributed by atoms with van der Waals surface area (Å²) in [4.78, 5) is 4.50. The van der Waals surface area contributed by atoms with Crippen molar-refractivity contribution in [3.8, 4) is 17.1 Å². The van der Waals surface area contributed by atoms with Crippen molar-refractivity contribution in [2.75, 3.05) is 18.1 Å². The highest BCUT2D eigenvalue weighted by atomic mass is 32.2. The SMILES string of the molecule is O=S1(=O)CCC(n2ccnc2-c2ccc(OCCc3ccccc3)cc2)CC1. The van der Waals surface area contributed by atoms with E-state index in [2.05, 4.69) is 21.7 Å². The minimum Gasteiger partial charge on any atom is -0.493 e. The Morgan fingerprint density at radius 1 is 1.00 bits per heavy atom. The van der Waals surface area contributed by atoms with Crippen molar-refractivity contribution in [1.82, 2.24) is 9.55 Å². The predicted molar refractivity (Wildman–Crippen MR) is 110 cm³/mol. The van der Waals surface area contributed by atoms with Crippen molar-refractivity contribution < 1.29 is 13.2 Å². The van der Waals surface area contributed by atoms with Gasteiger partial charge in [0, 0.05) is 30.4 Å². The summed E-state index contributed by atoms with van der Waals surface area (Å²) in [5.41, 5.74) is 2.27. The van der Waals surface area contributed by atoms with Crippen LogP contribution in [0.4, 0.5) is 0 Å². The highest BCUT2D eigenvalue weighted by Crippen LogP contribution is 2.29. The van der Waals surface area contributed by atoms with Crippen LogP contribution < -0.4 is 4.74 Å². The number of rotatable bonds is 6. The van der Waals surface area contributed by atoms with E-state index in [0.29, 0.717) is 19.4 Å². The lowest BCUT2D eigenvalue weighted by molar-refractivity contribution is 0.322. The number of sulfone groups is 1. The van der Waals surface area contributed by atoms with Gasteiger partial charge in [0.25, 0.3) is 0 Å². The summed E-state index contributed by atoms with van der Waals surface area (Å²) >= 11 is 0. The van der Waals surface area contributed by atoms with Crippen LogP contribution in [-0.2, 0) is 16.3 Å². The van der Waals surface area contributed by atoms with E-state index in [0.717, 1.165) is 23.6 Å². The first-order valence-electron chi connectivity index (χ1n) is 9.61. The molecule has 1 fully saturated rings. The van der Waals surface area contributed by atoms with Crippen molar-refractivity contribution in [2.45, 2.75) is 25.3 Å². The highest BCUT2D eigenvalue weighted by Gasteiger charge is 2.26. The van der Waals surface area contributed by atoms with E-state index in [1.165, 1.54) is 5.56 Å². The van der Waals surface area contributed by atoms with Crippen molar-refractivity contribution in [3.63, 3.8) is 0 Å². The lowest BCUT2D eigenvalue weighted by atomic mass is 10.1. The zero-order valence-electron chi connectivity index (χ0n) is 15.7. The molecule has 0 spiro atoms. The fourth-order valence-corrected chi connectivity index (χ4v) is 5.09. The van der Waals surface area contributed by atoms with Gasteiger partial charge in [0.2, 0.25) is 0 Å². The molecule has 2 heterocycles. The summed E-state index contributed by atoms with van der Waals surface area (Å²) < 4.78 is 31.4. The third kappa shape index (κ3) is 4.44. The second-order valence-corrected chi connectivity index (χ2v) is 9.45. The van der Waals surface area contributed by atoms with Crippen LogP contribution in [-0.4, -0.2) is 36.1 Å². The summed E-state index contributed by atoms with van der Waals surface area (Å²) in [5.74, 6) is 2.22. The molecule has 0 unspecified atom stereocenters. The molecule has 0 saturated carbocycles. The number of ether oxygens (including phenoxy) is 1. The monoisotopic (exact) mass is 396 g/mol. The number of benzene rings is 2. The van der Waals surface area contributed by atoms with Crippen molar-refractivity contribution in [1.29, 1.82) is 0 Å².